The summed E-state index contributed by atoms with van der Waals surface area (Å²) in [5.74, 6) is -0.355. The molecular formula is C15H25N5O2. The van der Waals surface area contributed by atoms with Crippen molar-refractivity contribution in [3.05, 3.63) is 18.0 Å². The number of nitrogens with one attached hydrogen (secondary N) is 3. The van der Waals surface area contributed by atoms with E-state index in [0.717, 1.165) is 25.9 Å². The lowest BCUT2D eigenvalue weighted by atomic mass is 9.92. The smallest absolute Gasteiger partial charge is 0.271 e. The van der Waals surface area contributed by atoms with Gasteiger partial charge in [0.1, 0.15) is 5.69 Å². The average molecular weight is 307 g/mol. The SMILES string of the molecule is CNC(=O)C(C)(C)CNC(=O)c1ccn(C2CCCNC2)n1. The average Bonchev–Trinajstić information content (AvgIpc) is 3.02. The minimum Gasteiger partial charge on any atom is -0.359 e. The van der Waals surface area contributed by atoms with Gasteiger partial charge in [0.15, 0.2) is 0 Å². The first-order valence-electron chi connectivity index (χ1n) is 7.70. The molecule has 1 atom stereocenters. The van der Waals surface area contributed by atoms with Crippen LogP contribution in [0.1, 0.15) is 43.2 Å². The summed E-state index contributed by atoms with van der Waals surface area (Å²) in [5, 5.41) is 13.1. The summed E-state index contributed by atoms with van der Waals surface area (Å²) in [7, 11) is 1.59. The number of aromatic nitrogens is 2. The number of nitrogens with zero attached hydrogens (tertiary/aromatic N) is 2. The first kappa shape index (κ1) is 16.5. The van der Waals surface area contributed by atoms with Gasteiger partial charge in [0.2, 0.25) is 5.91 Å². The van der Waals surface area contributed by atoms with Crippen molar-refractivity contribution in [3.63, 3.8) is 0 Å². The Bertz CT molecular complexity index is 532. The highest BCUT2D eigenvalue weighted by molar-refractivity contribution is 5.92. The summed E-state index contributed by atoms with van der Waals surface area (Å²) in [4.78, 5) is 23.9. The van der Waals surface area contributed by atoms with Crippen molar-refractivity contribution in [2.45, 2.75) is 32.7 Å². The molecule has 0 aliphatic carbocycles. The zero-order valence-corrected chi connectivity index (χ0v) is 13.5. The van der Waals surface area contributed by atoms with Gasteiger partial charge in [-0.25, -0.2) is 0 Å². The summed E-state index contributed by atoms with van der Waals surface area (Å²) in [5.41, 5.74) is -0.265. The second-order valence-corrected chi connectivity index (χ2v) is 6.33. The van der Waals surface area contributed by atoms with E-state index in [4.69, 9.17) is 0 Å². The molecule has 122 valence electrons. The van der Waals surface area contributed by atoms with Crippen LogP contribution in [0.3, 0.4) is 0 Å². The topological polar surface area (TPSA) is 88.0 Å². The van der Waals surface area contributed by atoms with E-state index in [9.17, 15) is 9.59 Å². The van der Waals surface area contributed by atoms with Gasteiger partial charge in [0.25, 0.3) is 5.91 Å². The van der Waals surface area contributed by atoms with Crippen LogP contribution < -0.4 is 16.0 Å². The standard InChI is InChI=1S/C15H25N5O2/c1-15(2,14(22)16-3)10-18-13(21)12-6-8-20(19-12)11-5-4-7-17-9-11/h6,8,11,17H,4-5,7,9-10H2,1-3H3,(H,16,22)(H,18,21). The third kappa shape index (κ3) is 3.85. The van der Waals surface area contributed by atoms with E-state index in [0.29, 0.717) is 11.7 Å². The van der Waals surface area contributed by atoms with Crippen LogP contribution in [0.25, 0.3) is 0 Å². The Balaban J connectivity index is 1.93. The molecule has 7 nitrogen and oxygen atoms in total. The fourth-order valence-electron chi connectivity index (χ4n) is 2.53. The van der Waals surface area contributed by atoms with E-state index in [1.54, 1.807) is 27.0 Å². The highest BCUT2D eigenvalue weighted by atomic mass is 16.2. The summed E-state index contributed by atoms with van der Waals surface area (Å²) in [6.45, 7) is 5.77. The number of hydrogen-bond donors (Lipinski definition) is 3. The second-order valence-electron chi connectivity index (χ2n) is 6.33. The van der Waals surface area contributed by atoms with Gasteiger partial charge in [-0.3, -0.25) is 14.3 Å². The van der Waals surface area contributed by atoms with Crippen LogP contribution in [0.5, 0.6) is 0 Å². The zero-order chi connectivity index (χ0) is 16.2. The lowest BCUT2D eigenvalue weighted by Crippen LogP contribution is -2.43. The Morgan fingerprint density at radius 2 is 2.27 bits per heavy atom. The summed E-state index contributed by atoms with van der Waals surface area (Å²) in [6.07, 6.45) is 4.03. The fraction of sp³-hybridized carbons (Fsp3) is 0.667. The van der Waals surface area contributed by atoms with E-state index in [1.165, 1.54) is 0 Å². The molecule has 2 amide bonds. The van der Waals surface area contributed by atoms with Crippen molar-refractivity contribution >= 4 is 11.8 Å². The summed E-state index contributed by atoms with van der Waals surface area (Å²) >= 11 is 0. The van der Waals surface area contributed by atoms with Gasteiger partial charge in [-0.2, -0.15) is 5.10 Å². The van der Waals surface area contributed by atoms with Crippen molar-refractivity contribution in [2.75, 3.05) is 26.7 Å². The van der Waals surface area contributed by atoms with E-state index < -0.39 is 5.41 Å². The van der Waals surface area contributed by atoms with Crippen LogP contribution in [0, 0.1) is 5.41 Å². The molecule has 1 fully saturated rings. The molecule has 1 aliphatic rings. The normalized spacial score (nSPS) is 18.8. The predicted molar refractivity (Wildman–Crippen MR) is 83.5 cm³/mol. The Kier molecular flexibility index (Phi) is 5.18. The van der Waals surface area contributed by atoms with Crippen molar-refractivity contribution in [2.24, 2.45) is 5.41 Å². The molecular weight excluding hydrogens is 282 g/mol. The first-order valence-corrected chi connectivity index (χ1v) is 7.70. The van der Waals surface area contributed by atoms with Crippen LogP contribution in [-0.2, 0) is 4.79 Å². The second kappa shape index (κ2) is 6.91. The van der Waals surface area contributed by atoms with Crippen LogP contribution in [-0.4, -0.2) is 48.3 Å². The fourth-order valence-corrected chi connectivity index (χ4v) is 2.53. The Morgan fingerprint density at radius 3 is 2.91 bits per heavy atom. The molecule has 0 saturated carbocycles. The highest BCUT2D eigenvalue weighted by Crippen LogP contribution is 2.16. The third-order valence-corrected chi connectivity index (χ3v) is 4.02. The van der Waals surface area contributed by atoms with Crippen molar-refractivity contribution < 1.29 is 9.59 Å². The molecule has 0 radical (unpaired) electrons. The monoisotopic (exact) mass is 307 g/mol. The number of piperidine rings is 1. The number of hydrogen-bond acceptors (Lipinski definition) is 4. The lowest BCUT2D eigenvalue weighted by molar-refractivity contribution is -0.128. The molecule has 3 N–H and O–H groups in total. The van der Waals surface area contributed by atoms with Gasteiger partial charge >= 0.3 is 0 Å². The van der Waals surface area contributed by atoms with Crippen LogP contribution in [0.4, 0.5) is 0 Å². The maximum atomic E-state index is 12.2. The maximum absolute atomic E-state index is 12.2. The van der Waals surface area contributed by atoms with Gasteiger partial charge in [-0.15, -0.1) is 0 Å². The number of carbonyl (C=O) groups is 2. The largest absolute Gasteiger partial charge is 0.359 e. The highest BCUT2D eigenvalue weighted by Gasteiger charge is 2.27. The van der Waals surface area contributed by atoms with Crippen molar-refractivity contribution in [1.29, 1.82) is 0 Å². The molecule has 2 heterocycles. The molecule has 0 aromatic carbocycles. The quantitative estimate of drug-likeness (QED) is 0.730. The third-order valence-electron chi connectivity index (χ3n) is 4.02. The van der Waals surface area contributed by atoms with E-state index in [1.807, 2.05) is 10.9 Å². The van der Waals surface area contributed by atoms with E-state index in [-0.39, 0.29) is 18.4 Å². The van der Waals surface area contributed by atoms with E-state index in [2.05, 4.69) is 21.0 Å². The summed E-state index contributed by atoms with van der Waals surface area (Å²) in [6, 6.07) is 2.02. The molecule has 0 spiro atoms. The molecule has 1 aromatic heterocycles. The first-order chi connectivity index (χ1) is 10.4. The van der Waals surface area contributed by atoms with Gasteiger partial charge in [-0.1, -0.05) is 0 Å². The Morgan fingerprint density at radius 1 is 1.50 bits per heavy atom. The van der Waals surface area contributed by atoms with Gasteiger partial charge < -0.3 is 16.0 Å². The molecule has 1 unspecified atom stereocenters. The molecule has 2 rings (SSSR count). The number of amides is 2. The van der Waals surface area contributed by atoms with Crippen LogP contribution in [0.15, 0.2) is 12.3 Å². The van der Waals surface area contributed by atoms with E-state index >= 15 is 0 Å². The van der Waals surface area contributed by atoms with Gasteiger partial charge in [0, 0.05) is 26.3 Å². The van der Waals surface area contributed by atoms with Gasteiger partial charge in [-0.05, 0) is 39.3 Å². The van der Waals surface area contributed by atoms with Gasteiger partial charge in [0.05, 0.1) is 11.5 Å². The molecule has 1 saturated heterocycles. The molecule has 1 aliphatic heterocycles. The number of rotatable bonds is 5. The Labute approximate surface area is 130 Å². The summed E-state index contributed by atoms with van der Waals surface area (Å²) < 4.78 is 1.85. The molecule has 22 heavy (non-hydrogen) atoms. The van der Waals surface area contributed by atoms with Crippen LogP contribution >= 0.6 is 0 Å². The minimum atomic E-state index is -0.653. The number of carbonyl (C=O) groups excluding carboxylic acids is 2. The lowest BCUT2D eigenvalue weighted by Gasteiger charge is -2.23. The predicted octanol–water partition coefficient (Wildman–Crippen LogP) is 0.310. The van der Waals surface area contributed by atoms with Crippen molar-refractivity contribution in [1.82, 2.24) is 25.7 Å². The molecule has 0 bridgehead atoms. The van der Waals surface area contributed by atoms with Crippen molar-refractivity contribution in [3.8, 4) is 0 Å². The molecule has 7 heteroatoms. The zero-order valence-electron chi connectivity index (χ0n) is 13.5. The maximum Gasteiger partial charge on any atom is 0.271 e. The molecule has 1 aromatic rings. The minimum absolute atomic E-state index is 0.105. The Hall–Kier alpha value is -1.89. The van der Waals surface area contributed by atoms with Crippen LogP contribution in [0.2, 0.25) is 0 Å².